The minimum absolute atomic E-state index is 0.0263. The fourth-order valence-corrected chi connectivity index (χ4v) is 1.94. The first-order valence-electron chi connectivity index (χ1n) is 6.98. The van der Waals surface area contributed by atoms with Crippen LogP contribution in [0.15, 0.2) is 30.9 Å². The van der Waals surface area contributed by atoms with Crippen LogP contribution in [0, 0.1) is 0 Å². The highest BCUT2D eigenvalue weighted by Crippen LogP contribution is 2.29. The van der Waals surface area contributed by atoms with Gasteiger partial charge >= 0.3 is 5.97 Å². The Balaban J connectivity index is 2.95. The molecule has 0 aliphatic rings. The van der Waals surface area contributed by atoms with Crippen molar-refractivity contribution in [3.8, 4) is 5.75 Å². The molecule has 0 fully saturated rings. The number of carbonyl (C=O) groups is 1. The molecule has 1 rings (SSSR count). The number of benzene rings is 1. The van der Waals surface area contributed by atoms with Crippen molar-refractivity contribution >= 4 is 11.7 Å². The van der Waals surface area contributed by atoms with Crippen LogP contribution in [0.3, 0.4) is 0 Å². The standard InChI is InChI=1S/C16H24N2O3/c1-5-8-17-10-13-6-7-14(18(4)11-16(19)20)15(9-13)21-12(2)3/h5-7,9,12,17H,1,8,10-11H2,2-4H3,(H,19,20). The highest BCUT2D eigenvalue weighted by molar-refractivity contribution is 5.75. The van der Waals surface area contributed by atoms with Gasteiger partial charge in [0.25, 0.3) is 0 Å². The van der Waals surface area contributed by atoms with E-state index in [0.717, 1.165) is 17.8 Å². The third-order valence-electron chi connectivity index (χ3n) is 2.79. The summed E-state index contributed by atoms with van der Waals surface area (Å²) in [5, 5.41) is 12.1. The van der Waals surface area contributed by atoms with E-state index in [2.05, 4.69) is 11.9 Å². The molecule has 0 saturated heterocycles. The Morgan fingerprint density at radius 1 is 1.52 bits per heavy atom. The summed E-state index contributed by atoms with van der Waals surface area (Å²) in [6, 6.07) is 5.81. The maximum Gasteiger partial charge on any atom is 0.323 e. The normalized spacial score (nSPS) is 10.5. The van der Waals surface area contributed by atoms with Gasteiger partial charge in [-0.1, -0.05) is 12.1 Å². The first-order valence-corrected chi connectivity index (χ1v) is 6.98. The van der Waals surface area contributed by atoms with Gasteiger partial charge in [-0.25, -0.2) is 0 Å². The van der Waals surface area contributed by atoms with Crippen LogP contribution in [0.25, 0.3) is 0 Å². The van der Waals surface area contributed by atoms with Crippen molar-refractivity contribution in [2.24, 2.45) is 0 Å². The Labute approximate surface area is 126 Å². The zero-order valence-corrected chi connectivity index (χ0v) is 12.9. The van der Waals surface area contributed by atoms with Gasteiger partial charge in [0.2, 0.25) is 0 Å². The van der Waals surface area contributed by atoms with Crippen LogP contribution in [-0.2, 0) is 11.3 Å². The zero-order valence-electron chi connectivity index (χ0n) is 12.9. The van der Waals surface area contributed by atoms with Crippen LogP contribution < -0.4 is 15.0 Å². The van der Waals surface area contributed by atoms with Crippen LogP contribution in [0.1, 0.15) is 19.4 Å². The molecule has 5 heteroatoms. The SMILES string of the molecule is C=CCNCc1ccc(N(C)CC(=O)O)c(OC(C)C)c1. The van der Waals surface area contributed by atoms with E-state index in [-0.39, 0.29) is 12.6 Å². The molecule has 0 radical (unpaired) electrons. The molecular weight excluding hydrogens is 268 g/mol. The highest BCUT2D eigenvalue weighted by Gasteiger charge is 2.13. The van der Waals surface area contributed by atoms with E-state index in [1.54, 1.807) is 18.0 Å². The quantitative estimate of drug-likeness (QED) is 0.540. The second-order valence-electron chi connectivity index (χ2n) is 5.14. The predicted octanol–water partition coefficient (Wildman–Crippen LogP) is 2.27. The van der Waals surface area contributed by atoms with E-state index < -0.39 is 5.97 Å². The molecule has 0 atom stereocenters. The molecule has 0 spiro atoms. The number of rotatable bonds is 9. The molecule has 1 aromatic carbocycles. The van der Waals surface area contributed by atoms with Gasteiger partial charge in [0.15, 0.2) is 0 Å². The highest BCUT2D eigenvalue weighted by atomic mass is 16.5. The van der Waals surface area contributed by atoms with Gasteiger partial charge in [-0.05, 0) is 31.5 Å². The molecule has 5 nitrogen and oxygen atoms in total. The number of likely N-dealkylation sites (N-methyl/N-ethyl adjacent to an activating group) is 1. The van der Waals surface area contributed by atoms with Crippen molar-refractivity contribution < 1.29 is 14.6 Å². The van der Waals surface area contributed by atoms with E-state index in [1.807, 2.05) is 32.0 Å². The molecule has 2 N–H and O–H groups in total. The summed E-state index contributed by atoms with van der Waals surface area (Å²) in [6.45, 7) is 8.94. The summed E-state index contributed by atoms with van der Waals surface area (Å²) >= 11 is 0. The summed E-state index contributed by atoms with van der Waals surface area (Å²) in [7, 11) is 1.74. The Kier molecular flexibility index (Phi) is 6.75. The van der Waals surface area contributed by atoms with Gasteiger partial charge in [0, 0.05) is 20.1 Å². The van der Waals surface area contributed by atoms with E-state index >= 15 is 0 Å². The van der Waals surface area contributed by atoms with Crippen LogP contribution in [-0.4, -0.2) is 37.3 Å². The number of carboxylic acid groups (broad SMARTS) is 1. The van der Waals surface area contributed by atoms with E-state index in [9.17, 15) is 4.79 Å². The van der Waals surface area contributed by atoms with E-state index in [1.165, 1.54) is 0 Å². The maximum atomic E-state index is 10.9. The van der Waals surface area contributed by atoms with Crippen LogP contribution in [0.4, 0.5) is 5.69 Å². The fraction of sp³-hybridized carbons (Fsp3) is 0.438. The fourth-order valence-electron chi connectivity index (χ4n) is 1.94. The molecule has 0 amide bonds. The van der Waals surface area contributed by atoms with Crippen molar-refractivity contribution in [2.45, 2.75) is 26.5 Å². The molecule has 116 valence electrons. The number of hydrogen-bond donors (Lipinski definition) is 2. The lowest BCUT2D eigenvalue weighted by atomic mass is 10.1. The van der Waals surface area contributed by atoms with Crippen molar-refractivity contribution in [3.05, 3.63) is 36.4 Å². The van der Waals surface area contributed by atoms with E-state index in [4.69, 9.17) is 9.84 Å². The van der Waals surface area contributed by atoms with Gasteiger partial charge < -0.3 is 20.1 Å². The lowest BCUT2D eigenvalue weighted by Crippen LogP contribution is -2.26. The molecule has 0 bridgehead atoms. The lowest BCUT2D eigenvalue weighted by Gasteiger charge is -2.22. The maximum absolute atomic E-state index is 10.9. The molecule has 0 heterocycles. The summed E-state index contributed by atoms with van der Waals surface area (Å²) in [5.74, 6) is -0.170. The summed E-state index contributed by atoms with van der Waals surface area (Å²) in [6.07, 6.45) is 1.83. The van der Waals surface area contributed by atoms with Gasteiger partial charge in [-0.2, -0.15) is 0 Å². The number of anilines is 1. The van der Waals surface area contributed by atoms with Crippen molar-refractivity contribution in [3.63, 3.8) is 0 Å². The number of ether oxygens (including phenoxy) is 1. The molecule has 0 aliphatic carbocycles. The average Bonchev–Trinajstić information content (AvgIpc) is 2.37. The van der Waals surface area contributed by atoms with Crippen molar-refractivity contribution in [2.75, 3.05) is 25.0 Å². The topological polar surface area (TPSA) is 61.8 Å². The van der Waals surface area contributed by atoms with Crippen molar-refractivity contribution in [1.29, 1.82) is 0 Å². The summed E-state index contributed by atoms with van der Waals surface area (Å²) in [5.41, 5.74) is 1.86. The second kappa shape index (κ2) is 8.32. The molecule has 21 heavy (non-hydrogen) atoms. The summed E-state index contributed by atoms with van der Waals surface area (Å²) in [4.78, 5) is 12.5. The predicted molar refractivity (Wildman–Crippen MR) is 85.0 cm³/mol. The third-order valence-corrected chi connectivity index (χ3v) is 2.79. The van der Waals surface area contributed by atoms with Crippen LogP contribution in [0.5, 0.6) is 5.75 Å². The smallest absolute Gasteiger partial charge is 0.323 e. The lowest BCUT2D eigenvalue weighted by molar-refractivity contribution is -0.135. The molecule has 0 aliphatic heterocycles. The first-order chi connectivity index (χ1) is 9.93. The van der Waals surface area contributed by atoms with Crippen LogP contribution in [0.2, 0.25) is 0 Å². The van der Waals surface area contributed by atoms with Gasteiger partial charge in [-0.3, -0.25) is 4.79 Å². The minimum Gasteiger partial charge on any atom is -0.489 e. The number of nitrogens with one attached hydrogen (secondary N) is 1. The monoisotopic (exact) mass is 292 g/mol. The Bertz CT molecular complexity index is 486. The average molecular weight is 292 g/mol. The van der Waals surface area contributed by atoms with Gasteiger partial charge in [-0.15, -0.1) is 6.58 Å². The molecular formula is C16H24N2O3. The Morgan fingerprint density at radius 3 is 2.81 bits per heavy atom. The van der Waals surface area contributed by atoms with Crippen LogP contribution >= 0.6 is 0 Å². The molecule has 1 aromatic rings. The van der Waals surface area contributed by atoms with Gasteiger partial charge in [0.05, 0.1) is 11.8 Å². The second-order valence-corrected chi connectivity index (χ2v) is 5.14. The molecule has 0 aromatic heterocycles. The summed E-state index contributed by atoms with van der Waals surface area (Å²) < 4.78 is 5.81. The third kappa shape index (κ3) is 5.87. The Hall–Kier alpha value is -2.01. The first kappa shape index (κ1) is 17.0. The minimum atomic E-state index is -0.871. The largest absolute Gasteiger partial charge is 0.489 e. The number of hydrogen-bond acceptors (Lipinski definition) is 4. The van der Waals surface area contributed by atoms with E-state index in [0.29, 0.717) is 12.3 Å². The Morgan fingerprint density at radius 2 is 2.24 bits per heavy atom. The number of carboxylic acids is 1. The zero-order chi connectivity index (χ0) is 15.8. The number of nitrogens with zero attached hydrogens (tertiary/aromatic N) is 1. The molecule has 0 unspecified atom stereocenters. The van der Waals surface area contributed by atoms with Crippen molar-refractivity contribution in [1.82, 2.24) is 5.32 Å². The number of aliphatic carboxylic acids is 1. The molecule has 0 saturated carbocycles. The van der Waals surface area contributed by atoms with Gasteiger partial charge in [0.1, 0.15) is 12.3 Å².